The first-order valence-corrected chi connectivity index (χ1v) is 9.73. The number of hydrogen-bond donors (Lipinski definition) is 2. The predicted molar refractivity (Wildman–Crippen MR) is 98.8 cm³/mol. The van der Waals surface area contributed by atoms with Crippen molar-refractivity contribution in [2.45, 2.75) is 37.8 Å². The van der Waals surface area contributed by atoms with Crippen LogP contribution in [-0.4, -0.2) is 20.4 Å². The average Bonchev–Trinajstić information content (AvgIpc) is 2.66. The number of carbonyl (C=O) groups is 1. The normalized spacial score (nSPS) is 12.2. The molecule has 0 aliphatic carbocycles. The standard InChI is InChI=1S/C19H21N3O3S/c1-3-14(2)22-26(24,25)18-9-7-17(8-10-18)19(23)21-13-16-6-4-5-15(11-16)12-20/h4-11,14,22H,3,13H2,1-2H3,(H,21,23). The lowest BCUT2D eigenvalue weighted by molar-refractivity contribution is 0.0951. The monoisotopic (exact) mass is 371 g/mol. The van der Waals surface area contributed by atoms with E-state index in [0.29, 0.717) is 17.5 Å². The van der Waals surface area contributed by atoms with E-state index in [1.54, 1.807) is 25.1 Å². The summed E-state index contributed by atoms with van der Waals surface area (Å²) in [6.07, 6.45) is 0.687. The molecular formula is C19H21N3O3S. The SMILES string of the molecule is CCC(C)NS(=O)(=O)c1ccc(C(=O)NCc2cccc(C#N)c2)cc1. The zero-order chi connectivity index (χ0) is 19.2. The van der Waals surface area contributed by atoms with Gasteiger partial charge in [0.15, 0.2) is 0 Å². The zero-order valence-corrected chi connectivity index (χ0v) is 15.5. The Morgan fingerprint density at radius 3 is 2.50 bits per heavy atom. The lowest BCUT2D eigenvalue weighted by Gasteiger charge is -2.12. The Morgan fingerprint density at radius 1 is 1.19 bits per heavy atom. The zero-order valence-electron chi connectivity index (χ0n) is 14.7. The molecule has 0 aliphatic rings. The number of hydrogen-bond acceptors (Lipinski definition) is 4. The van der Waals surface area contributed by atoms with Crippen LogP contribution in [0, 0.1) is 11.3 Å². The van der Waals surface area contributed by atoms with Gasteiger partial charge in [-0.2, -0.15) is 5.26 Å². The van der Waals surface area contributed by atoms with Gasteiger partial charge in [0.05, 0.1) is 16.5 Å². The van der Waals surface area contributed by atoms with Gasteiger partial charge in [0, 0.05) is 18.2 Å². The van der Waals surface area contributed by atoms with Crippen molar-refractivity contribution in [3.63, 3.8) is 0 Å². The molecule has 0 fully saturated rings. The van der Waals surface area contributed by atoms with Gasteiger partial charge in [0.25, 0.3) is 5.91 Å². The van der Waals surface area contributed by atoms with Crippen LogP contribution in [0.1, 0.15) is 41.8 Å². The first-order valence-electron chi connectivity index (χ1n) is 8.25. The summed E-state index contributed by atoms with van der Waals surface area (Å²) < 4.78 is 27.0. The number of nitrogens with one attached hydrogen (secondary N) is 2. The molecule has 2 aromatic rings. The van der Waals surface area contributed by atoms with Crippen LogP contribution < -0.4 is 10.0 Å². The molecular weight excluding hydrogens is 350 g/mol. The minimum Gasteiger partial charge on any atom is -0.348 e. The first kappa shape index (κ1) is 19.6. The highest BCUT2D eigenvalue weighted by Crippen LogP contribution is 2.12. The Balaban J connectivity index is 2.03. The molecule has 2 aromatic carbocycles. The largest absolute Gasteiger partial charge is 0.348 e. The molecule has 0 saturated carbocycles. The van der Waals surface area contributed by atoms with E-state index in [0.717, 1.165) is 5.56 Å². The number of benzene rings is 2. The van der Waals surface area contributed by atoms with Gasteiger partial charge < -0.3 is 5.32 Å². The van der Waals surface area contributed by atoms with Gasteiger partial charge in [-0.3, -0.25) is 4.79 Å². The Labute approximate surface area is 153 Å². The van der Waals surface area contributed by atoms with Gasteiger partial charge in [-0.05, 0) is 55.3 Å². The molecule has 26 heavy (non-hydrogen) atoms. The Hall–Kier alpha value is -2.69. The van der Waals surface area contributed by atoms with Crippen LogP contribution in [0.15, 0.2) is 53.4 Å². The fourth-order valence-corrected chi connectivity index (χ4v) is 3.56. The van der Waals surface area contributed by atoms with Crippen molar-refractivity contribution < 1.29 is 13.2 Å². The highest BCUT2D eigenvalue weighted by atomic mass is 32.2. The van der Waals surface area contributed by atoms with Crippen molar-refractivity contribution in [2.75, 3.05) is 0 Å². The summed E-state index contributed by atoms with van der Waals surface area (Å²) >= 11 is 0. The summed E-state index contributed by atoms with van der Waals surface area (Å²) in [6.45, 7) is 3.97. The van der Waals surface area contributed by atoms with Crippen molar-refractivity contribution >= 4 is 15.9 Å². The van der Waals surface area contributed by atoms with E-state index in [2.05, 4.69) is 10.0 Å². The number of nitriles is 1. The number of nitrogens with zero attached hydrogens (tertiary/aromatic N) is 1. The second-order valence-electron chi connectivity index (χ2n) is 5.95. The molecule has 1 unspecified atom stereocenters. The van der Waals surface area contributed by atoms with Crippen LogP contribution in [0.2, 0.25) is 0 Å². The van der Waals surface area contributed by atoms with Crippen LogP contribution in [0.5, 0.6) is 0 Å². The van der Waals surface area contributed by atoms with E-state index in [-0.39, 0.29) is 23.4 Å². The second kappa shape index (κ2) is 8.61. The Bertz CT molecular complexity index is 916. The van der Waals surface area contributed by atoms with E-state index in [9.17, 15) is 13.2 Å². The summed E-state index contributed by atoms with van der Waals surface area (Å²) in [5, 5.41) is 11.6. The Morgan fingerprint density at radius 2 is 1.88 bits per heavy atom. The van der Waals surface area contributed by atoms with Gasteiger partial charge in [0.1, 0.15) is 0 Å². The number of sulfonamides is 1. The molecule has 7 heteroatoms. The fraction of sp³-hybridized carbons (Fsp3) is 0.263. The lowest BCUT2D eigenvalue weighted by atomic mass is 10.1. The van der Waals surface area contributed by atoms with Crippen molar-refractivity contribution in [3.05, 3.63) is 65.2 Å². The number of carbonyl (C=O) groups excluding carboxylic acids is 1. The van der Waals surface area contributed by atoms with Crippen LogP contribution in [0.4, 0.5) is 0 Å². The third-order valence-electron chi connectivity index (χ3n) is 3.90. The quantitative estimate of drug-likeness (QED) is 0.781. The summed E-state index contributed by atoms with van der Waals surface area (Å²) in [5.74, 6) is -0.314. The molecule has 1 atom stereocenters. The van der Waals surface area contributed by atoms with Crippen molar-refractivity contribution in [3.8, 4) is 6.07 Å². The molecule has 1 amide bonds. The number of amides is 1. The highest BCUT2D eigenvalue weighted by Gasteiger charge is 2.17. The van der Waals surface area contributed by atoms with Crippen molar-refractivity contribution in [1.82, 2.24) is 10.0 Å². The molecule has 0 bridgehead atoms. The minimum absolute atomic E-state index is 0.121. The maximum Gasteiger partial charge on any atom is 0.251 e. The molecule has 0 saturated heterocycles. The topological polar surface area (TPSA) is 99.1 Å². The van der Waals surface area contributed by atoms with Gasteiger partial charge in [-0.25, -0.2) is 13.1 Å². The maximum atomic E-state index is 12.2. The van der Waals surface area contributed by atoms with E-state index >= 15 is 0 Å². The van der Waals surface area contributed by atoms with Gasteiger partial charge in [-0.1, -0.05) is 19.1 Å². The first-order chi connectivity index (χ1) is 12.4. The number of rotatable bonds is 7. The van der Waals surface area contributed by atoms with Gasteiger partial charge in [0.2, 0.25) is 10.0 Å². The Kier molecular flexibility index (Phi) is 6.50. The molecule has 0 aliphatic heterocycles. The summed E-state index contributed by atoms with van der Waals surface area (Å²) in [4.78, 5) is 12.3. The van der Waals surface area contributed by atoms with E-state index in [1.807, 2.05) is 19.1 Å². The summed E-state index contributed by atoms with van der Waals surface area (Å²) in [6, 6.07) is 14.6. The maximum absolute atomic E-state index is 12.2. The fourth-order valence-electron chi connectivity index (χ4n) is 2.24. The van der Waals surface area contributed by atoms with E-state index in [1.165, 1.54) is 24.3 Å². The van der Waals surface area contributed by atoms with Crippen molar-refractivity contribution in [2.24, 2.45) is 0 Å². The highest BCUT2D eigenvalue weighted by molar-refractivity contribution is 7.89. The summed E-state index contributed by atoms with van der Waals surface area (Å²) in [5.41, 5.74) is 1.71. The molecule has 136 valence electrons. The average molecular weight is 371 g/mol. The van der Waals surface area contributed by atoms with Gasteiger partial charge >= 0.3 is 0 Å². The molecule has 2 rings (SSSR count). The molecule has 2 N–H and O–H groups in total. The third kappa shape index (κ3) is 5.15. The molecule has 0 heterocycles. The molecule has 0 aromatic heterocycles. The van der Waals surface area contributed by atoms with Crippen LogP contribution >= 0.6 is 0 Å². The van der Waals surface area contributed by atoms with Gasteiger partial charge in [-0.15, -0.1) is 0 Å². The van der Waals surface area contributed by atoms with E-state index in [4.69, 9.17) is 5.26 Å². The smallest absolute Gasteiger partial charge is 0.251 e. The molecule has 0 radical (unpaired) electrons. The van der Waals surface area contributed by atoms with E-state index < -0.39 is 10.0 Å². The van der Waals surface area contributed by atoms with Crippen LogP contribution in [0.3, 0.4) is 0 Å². The second-order valence-corrected chi connectivity index (χ2v) is 7.66. The molecule has 6 nitrogen and oxygen atoms in total. The third-order valence-corrected chi connectivity index (χ3v) is 5.51. The van der Waals surface area contributed by atoms with Crippen LogP contribution in [-0.2, 0) is 16.6 Å². The summed E-state index contributed by atoms with van der Waals surface area (Å²) in [7, 11) is -3.59. The van der Waals surface area contributed by atoms with Crippen molar-refractivity contribution in [1.29, 1.82) is 5.26 Å². The van der Waals surface area contributed by atoms with Crippen LogP contribution in [0.25, 0.3) is 0 Å². The lowest BCUT2D eigenvalue weighted by Crippen LogP contribution is -2.32. The molecule has 0 spiro atoms. The minimum atomic E-state index is -3.59. The predicted octanol–water partition coefficient (Wildman–Crippen LogP) is 2.57.